The van der Waals surface area contributed by atoms with Crippen molar-refractivity contribution < 1.29 is 22.0 Å². The van der Waals surface area contributed by atoms with Gasteiger partial charge in [0.1, 0.15) is 18.2 Å². The summed E-state index contributed by atoms with van der Waals surface area (Å²) >= 11 is 5.75. The fourth-order valence-corrected chi connectivity index (χ4v) is 3.65. The average molecular weight is 440 g/mol. The van der Waals surface area contributed by atoms with Crippen molar-refractivity contribution >= 4 is 33.0 Å². The van der Waals surface area contributed by atoms with Crippen LogP contribution in [0.1, 0.15) is 0 Å². The first-order valence-corrected chi connectivity index (χ1v) is 9.86. The largest absolute Gasteiger partial charge is 0.322 e. The molecular weight excluding hydrogens is 428 g/mol. The number of carbonyl (C=O) groups excluding carboxylic acids is 1. The van der Waals surface area contributed by atoms with E-state index in [-0.39, 0.29) is 10.6 Å². The van der Waals surface area contributed by atoms with Crippen LogP contribution in [-0.2, 0) is 21.2 Å². The van der Waals surface area contributed by atoms with Crippen molar-refractivity contribution in [3.63, 3.8) is 0 Å². The van der Waals surface area contributed by atoms with E-state index in [0.29, 0.717) is 15.8 Å². The van der Waals surface area contributed by atoms with E-state index in [1.54, 1.807) is 0 Å². The maximum atomic E-state index is 13.6. The Balaban J connectivity index is 1.86. The first kappa shape index (κ1) is 20.6. The predicted octanol–water partition coefficient (Wildman–Crippen LogP) is 2.65. The van der Waals surface area contributed by atoms with E-state index in [2.05, 4.69) is 10.4 Å². The van der Waals surface area contributed by atoms with Gasteiger partial charge in [-0.2, -0.15) is 5.10 Å². The summed E-state index contributed by atoms with van der Waals surface area (Å²) < 4.78 is 52.5. The van der Waals surface area contributed by atoms with Gasteiger partial charge in [-0.3, -0.25) is 9.59 Å². The molecule has 0 saturated heterocycles. The molecule has 29 heavy (non-hydrogen) atoms. The second-order valence-electron chi connectivity index (χ2n) is 5.80. The highest BCUT2D eigenvalue weighted by molar-refractivity contribution is 7.91. The van der Waals surface area contributed by atoms with Gasteiger partial charge in [-0.25, -0.2) is 21.9 Å². The molecule has 1 amide bonds. The number of nitrogens with zero attached hydrogens (tertiary/aromatic N) is 2. The van der Waals surface area contributed by atoms with E-state index in [1.807, 2.05) is 0 Å². The van der Waals surface area contributed by atoms with Crippen molar-refractivity contribution in [1.82, 2.24) is 9.78 Å². The molecule has 0 bridgehead atoms. The van der Waals surface area contributed by atoms with Gasteiger partial charge >= 0.3 is 0 Å². The van der Waals surface area contributed by atoms with Crippen molar-refractivity contribution in [2.75, 3.05) is 5.32 Å². The molecule has 11 heteroatoms. The number of nitrogens with one attached hydrogen (secondary N) is 1. The van der Waals surface area contributed by atoms with Crippen molar-refractivity contribution in [2.45, 2.75) is 16.5 Å². The molecule has 0 unspecified atom stereocenters. The summed E-state index contributed by atoms with van der Waals surface area (Å²) in [7, 11) is -4.06. The Morgan fingerprint density at radius 3 is 2.41 bits per heavy atom. The standard InChI is InChI=1S/C18H12ClF2N3O4S/c19-11-1-4-13(5-2-11)29(27,28)17-7-8-18(26)24(23-17)10-16(25)22-15-6-3-12(20)9-14(15)21/h1-9H,10H2,(H,22,25). The first-order chi connectivity index (χ1) is 13.7. The molecular formula is C18H12ClF2N3O4S. The van der Waals surface area contributed by atoms with E-state index in [9.17, 15) is 26.8 Å². The summed E-state index contributed by atoms with van der Waals surface area (Å²) in [5, 5.41) is 5.78. The maximum absolute atomic E-state index is 13.6. The lowest BCUT2D eigenvalue weighted by atomic mass is 10.3. The molecule has 0 saturated carbocycles. The molecule has 0 atom stereocenters. The zero-order valence-corrected chi connectivity index (χ0v) is 16.0. The normalized spacial score (nSPS) is 11.3. The van der Waals surface area contributed by atoms with Gasteiger partial charge in [0.05, 0.1) is 10.6 Å². The zero-order chi connectivity index (χ0) is 21.2. The quantitative estimate of drug-likeness (QED) is 0.659. The minimum atomic E-state index is -4.06. The lowest BCUT2D eigenvalue weighted by Gasteiger charge is -2.09. The molecule has 1 N–H and O–H groups in total. The van der Waals surface area contributed by atoms with Crippen LogP contribution in [0.3, 0.4) is 0 Å². The lowest BCUT2D eigenvalue weighted by molar-refractivity contribution is -0.117. The van der Waals surface area contributed by atoms with Crippen molar-refractivity contribution in [3.05, 3.63) is 81.6 Å². The SMILES string of the molecule is O=C(Cn1nc(S(=O)(=O)c2ccc(Cl)cc2)ccc1=O)Nc1ccc(F)cc1F. The number of halogens is 3. The number of amides is 1. The third-order valence-corrected chi connectivity index (χ3v) is 5.65. The van der Waals surface area contributed by atoms with E-state index in [0.717, 1.165) is 24.3 Å². The number of hydrogen-bond acceptors (Lipinski definition) is 5. The highest BCUT2D eigenvalue weighted by Crippen LogP contribution is 2.20. The summed E-state index contributed by atoms with van der Waals surface area (Å²) in [6.07, 6.45) is 0. The Labute approximate surface area is 168 Å². The molecule has 3 rings (SSSR count). The molecule has 1 aromatic heterocycles. The summed E-state index contributed by atoms with van der Waals surface area (Å²) in [4.78, 5) is 24.0. The monoisotopic (exact) mass is 439 g/mol. The van der Waals surface area contributed by atoms with Crippen LogP contribution in [0.2, 0.25) is 5.02 Å². The lowest BCUT2D eigenvalue weighted by Crippen LogP contribution is -2.30. The Kier molecular flexibility index (Phi) is 5.76. The molecule has 150 valence electrons. The van der Waals surface area contributed by atoms with Crippen LogP contribution in [0.5, 0.6) is 0 Å². The fourth-order valence-electron chi connectivity index (χ4n) is 2.34. The molecule has 0 aliphatic rings. The second-order valence-corrected chi connectivity index (χ2v) is 8.13. The molecule has 3 aromatic rings. The Morgan fingerprint density at radius 1 is 1.07 bits per heavy atom. The van der Waals surface area contributed by atoms with E-state index >= 15 is 0 Å². The van der Waals surface area contributed by atoms with Crippen LogP contribution in [-0.4, -0.2) is 24.1 Å². The van der Waals surface area contributed by atoms with Crippen LogP contribution in [0.25, 0.3) is 0 Å². The molecule has 0 radical (unpaired) electrons. The van der Waals surface area contributed by atoms with Crippen molar-refractivity contribution in [2.24, 2.45) is 0 Å². The third kappa shape index (κ3) is 4.66. The van der Waals surface area contributed by atoms with Gasteiger partial charge in [-0.1, -0.05) is 11.6 Å². The molecule has 1 heterocycles. The number of anilines is 1. The minimum Gasteiger partial charge on any atom is -0.322 e. The Bertz CT molecular complexity index is 1240. The number of benzene rings is 2. The number of hydrogen-bond donors (Lipinski definition) is 1. The van der Waals surface area contributed by atoms with Gasteiger partial charge in [-0.15, -0.1) is 0 Å². The fraction of sp³-hybridized carbons (Fsp3) is 0.0556. The third-order valence-electron chi connectivity index (χ3n) is 3.74. The van der Waals surface area contributed by atoms with Gasteiger partial charge in [-0.05, 0) is 42.5 Å². The van der Waals surface area contributed by atoms with Gasteiger partial charge in [0.25, 0.3) is 5.56 Å². The maximum Gasteiger partial charge on any atom is 0.267 e. The van der Waals surface area contributed by atoms with Gasteiger partial charge < -0.3 is 5.32 Å². The highest BCUT2D eigenvalue weighted by atomic mass is 35.5. The van der Waals surface area contributed by atoms with Crippen LogP contribution >= 0.6 is 11.6 Å². The first-order valence-electron chi connectivity index (χ1n) is 8.00. The number of sulfone groups is 1. The van der Waals surface area contributed by atoms with Crippen molar-refractivity contribution in [1.29, 1.82) is 0 Å². The molecule has 0 aliphatic carbocycles. The summed E-state index contributed by atoms with van der Waals surface area (Å²) in [6, 6.07) is 9.83. The Morgan fingerprint density at radius 2 is 1.76 bits per heavy atom. The predicted molar refractivity (Wildman–Crippen MR) is 100 cm³/mol. The smallest absolute Gasteiger partial charge is 0.267 e. The average Bonchev–Trinajstić information content (AvgIpc) is 2.66. The summed E-state index contributed by atoms with van der Waals surface area (Å²) in [5.74, 6) is -2.68. The topological polar surface area (TPSA) is 98.1 Å². The van der Waals surface area contributed by atoms with E-state index in [4.69, 9.17) is 11.6 Å². The van der Waals surface area contributed by atoms with Crippen molar-refractivity contribution in [3.8, 4) is 0 Å². The van der Waals surface area contributed by atoms with E-state index in [1.165, 1.54) is 24.3 Å². The summed E-state index contributed by atoms with van der Waals surface area (Å²) in [6.45, 7) is -0.681. The number of rotatable bonds is 5. The molecule has 0 spiro atoms. The van der Waals surface area contributed by atoms with Crippen LogP contribution in [0.15, 0.2) is 69.3 Å². The summed E-state index contributed by atoms with van der Waals surface area (Å²) in [5.41, 5.74) is -1.04. The molecule has 0 aliphatic heterocycles. The van der Waals surface area contributed by atoms with Crippen LogP contribution in [0.4, 0.5) is 14.5 Å². The van der Waals surface area contributed by atoms with Gasteiger partial charge in [0.15, 0.2) is 5.03 Å². The Hall–Kier alpha value is -3.11. The van der Waals surface area contributed by atoms with Gasteiger partial charge in [0, 0.05) is 17.2 Å². The van der Waals surface area contributed by atoms with Crippen LogP contribution in [0, 0.1) is 11.6 Å². The van der Waals surface area contributed by atoms with Gasteiger partial charge in [0.2, 0.25) is 15.7 Å². The van der Waals surface area contributed by atoms with Crippen LogP contribution < -0.4 is 10.9 Å². The zero-order valence-electron chi connectivity index (χ0n) is 14.5. The molecule has 7 nitrogen and oxygen atoms in total. The second kappa shape index (κ2) is 8.10. The highest BCUT2D eigenvalue weighted by Gasteiger charge is 2.21. The molecule has 0 fully saturated rings. The number of aromatic nitrogens is 2. The number of carbonyl (C=O) groups is 1. The molecule has 2 aromatic carbocycles. The minimum absolute atomic E-state index is 0.0996. The van der Waals surface area contributed by atoms with E-state index < -0.39 is 44.5 Å².